The van der Waals surface area contributed by atoms with Gasteiger partial charge in [-0.2, -0.15) is 0 Å². The first-order valence-corrected chi connectivity index (χ1v) is 9.67. The molecule has 0 atom stereocenters. The lowest BCUT2D eigenvalue weighted by molar-refractivity contribution is 0.0406. The largest absolute Gasteiger partial charge is 0.486 e. The number of hydrogen-bond acceptors (Lipinski definition) is 4. The molecule has 0 radical (unpaired) electrons. The van der Waals surface area contributed by atoms with Crippen molar-refractivity contribution in [1.82, 2.24) is 4.98 Å². The molecule has 2 aromatic rings. The van der Waals surface area contributed by atoms with Gasteiger partial charge < -0.3 is 14.5 Å². The van der Waals surface area contributed by atoms with Gasteiger partial charge in [-0.05, 0) is 45.1 Å². The summed E-state index contributed by atoms with van der Waals surface area (Å²) in [5, 5.41) is 0. The van der Waals surface area contributed by atoms with Crippen molar-refractivity contribution in [3.05, 3.63) is 63.6 Å². The molecule has 1 aliphatic rings. The molecule has 144 valence electrons. The van der Waals surface area contributed by atoms with E-state index in [2.05, 4.69) is 11.9 Å². The average molecular weight is 369 g/mol. The summed E-state index contributed by atoms with van der Waals surface area (Å²) in [7, 11) is 0. The number of aromatic nitrogens is 1. The second-order valence-electron chi connectivity index (χ2n) is 7.36. The zero-order valence-electron chi connectivity index (χ0n) is 16.0. The topological polar surface area (TPSA) is 68.4 Å². The minimum atomic E-state index is -0.639. The number of H-pyrrole nitrogens is 1. The molecule has 1 N–H and O–H groups in total. The van der Waals surface area contributed by atoms with Crippen LogP contribution in [0.1, 0.15) is 67.6 Å². The van der Waals surface area contributed by atoms with Crippen LogP contribution in [0.25, 0.3) is 0 Å². The van der Waals surface area contributed by atoms with Crippen LogP contribution < -0.4 is 10.3 Å². The van der Waals surface area contributed by atoms with E-state index in [0.717, 1.165) is 31.2 Å². The van der Waals surface area contributed by atoms with Crippen molar-refractivity contribution in [3.8, 4) is 5.75 Å². The van der Waals surface area contributed by atoms with Crippen LogP contribution in [0.3, 0.4) is 0 Å². The van der Waals surface area contributed by atoms with E-state index in [1.807, 2.05) is 30.3 Å². The van der Waals surface area contributed by atoms with Gasteiger partial charge >= 0.3 is 5.97 Å². The minimum absolute atomic E-state index is 0.0412. The summed E-state index contributed by atoms with van der Waals surface area (Å²) in [4.78, 5) is 27.9. The standard InChI is InChI=1S/C22H27NO4/c1-3-26-21(25)19-18(27-22(2)12-8-5-9-13-22)15-17(23-20(19)24)14-16-10-6-4-7-11-16/h4,6-7,10-11,15H,3,5,8-9,12-14H2,1-2H3,(H,23,24). The van der Waals surface area contributed by atoms with E-state index >= 15 is 0 Å². The Kier molecular flexibility index (Phi) is 5.99. The molecule has 1 heterocycles. The molecule has 0 amide bonds. The molecule has 0 saturated heterocycles. The zero-order chi connectivity index (χ0) is 19.3. The van der Waals surface area contributed by atoms with E-state index in [0.29, 0.717) is 17.9 Å². The highest BCUT2D eigenvalue weighted by molar-refractivity contribution is 5.92. The van der Waals surface area contributed by atoms with Crippen LogP contribution in [0.5, 0.6) is 5.75 Å². The summed E-state index contributed by atoms with van der Waals surface area (Å²) < 4.78 is 11.4. The number of hydrogen-bond donors (Lipinski definition) is 1. The summed E-state index contributed by atoms with van der Waals surface area (Å²) in [5.74, 6) is -0.313. The van der Waals surface area contributed by atoms with Gasteiger partial charge in [0, 0.05) is 18.2 Å². The third kappa shape index (κ3) is 4.79. The van der Waals surface area contributed by atoms with Gasteiger partial charge in [-0.15, -0.1) is 0 Å². The highest BCUT2D eigenvalue weighted by Gasteiger charge is 2.31. The minimum Gasteiger partial charge on any atom is -0.486 e. The Morgan fingerprint density at radius 1 is 1.15 bits per heavy atom. The number of aromatic amines is 1. The van der Waals surface area contributed by atoms with Gasteiger partial charge in [0.05, 0.1) is 6.61 Å². The third-order valence-electron chi connectivity index (χ3n) is 5.04. The summed E-state index contributed by atoms with van der Waals surface area (Å²) >= 11 is 0. The van der Waals surface area contributed by atoms with Crippen LogP contribution >= 0.6 is 0 Å². The Hall–Kier alpha value is -2.56. The summed E-state index contributed by atoms with van der Waals surface area (Å²) in [6.07, 6.45) is 5.76. The lowest BCUT2D eigenvalue weighted by Gasteiger charge is -2.34. The van der Waals surface area contributed by atoms with Crippen LogP contribution in [0.2, 0.25) is 0 Å². The highest BCUT2D eigenvalue weighted by Crippen LogP contribution is 2.34. The third-order valence-corrected chi connectivity index (χ3v) is 5.04. The molecular weight excluding hydrogens is 342 g/mol. The monoisotopic (exact) mass is 369 g/mol. The van der Waals surface area contributed by atoms with E-state index in [-0.39, 0.29) is 17.8 Å². The second kappa shape index (κ2) is 8.42. The Morgan fingerprint density at radius 3 is 2.52 bits per heavy atom. The summed E-state index contributed by atoms with van der Waals surface area (Å²) in [6, 6.07) is 11.7. The predicted molar refractivity (Wildman–Crippen MR) is 104 cm³/mol. The van der Waals surface area contributed by atoms with Gasteiger partial charge in [0.2, 0.25) is 0 Å². The molecule has 1 aromatic heterocycles. The quantitative estimate of drug-likeness (QED) is 0.773. The Balaban J connectivity index is 1.97. The number of esters is 1. The summed E-state index contributed by atoms with van der Waals surface area (Å²) in [6.45, 7) is 3.98. The molecule has 0 unspecified atom stereocenters. The van der Waals surface area contributed by atoms with E-state index in [9.17, 15) is 9.59 Å². The van der Waals surface area contributed by atoms with Crippen LogP contribution in [0.15, 0.2) is 41.2 Å². The van der Waals surface area contributed by atoms with Crippen molar-refractivity contribution in [1.29, 1.82) is 0 Å². The smallest absolute Gasteiger partial charge is 0.347 e. The molecule has 1 fully saturated rings. The zero-order valence-corrected chi connectivity index (χ0v) is 16.0. The lowest BCUT2D eigenvalue weighted by atomic mass is 9.86. The molecule has 1 saturated carbocycles. The van der Waals surface area contributed by atoms with Crippen molar-refractivity contribution >= 4 is 5.97 Å². The molecule has 0 spiro atoms. The maximum atomic E-state index is 12.7. The number of pyridine rings is 1. The van der Waals surface area contributed by atoms with E-state index in [1.165, 1.54) is 6.42 Å². The molecule has 3 rings (SSSR count). The van der Waals surface area contributed by atoms with Gasteiger partial charge in [-0.3, -0.25) is 4.79 Å². The maximum Gasteiger partial charge on any atom is 0.347 e. The van der Waals surface area contributed by atoms with Crippen LogP contribution in [-0.4, -0.2) is 23.2 Å². The molecule has 1 aliphatic carbocycles. The second-order valence-corrected chi connectivity index (χ2v) is 7.36. The Labute approximate surface area is 159 Å². The molecule has 0 aliphatic heterocycles. The van der Waals surface area contributed by atoms with Crippen molar-refractivity contribution in [3.63, 3.8) is 0 Å². The molecule has 27 heavy (non-hydrogen) atoms. The maximum absolute atomic E-state index is 12.7. The predicted octanol–water partition coefficient (Wildman–Crippen LogP) is 4.24. The first kappa shape index (κ1) is 19.2. The first-order chi connectivity index (χ1) is 13.0. The number of rotatable bonds is 6. The summed E-state index contributed by atoms with van der Waals surface area (Å²) in [5.41, 5.74) is 0.925. The number of carbonyl (C=O) groups is 1. The molecule has 5 nitrogen and oxygen atoms in total. The van der Waals surface area contributed by atoms with Crippen LogP contribution in [-0.2, 0) is 11.2 Å². The number of ether oxygens (including phenoxy) is 2. The fraction of sp³-hybridized carbons (Fsp3) is 0.455. The molecule has 5 heteroatoms. The first-order valence-electron chi connectivity index (χ1n) is 9.67. The molecule has 0 bridgehead atoms. The number of nitrogens with one attached hydrogen (secondary N) is 1. The fourth-order valence-electron chi connectivity index (χ4n) is 3.64. The SMILES string of the molecule is CCOC(=O)c1c(OC2(C)CCCCC2)cc(Cc2ccccc2)[nH]c1=O. The van der Waals surface area contributed by atoms with Gasteiger partial charge in [-0.1, -0.05) is 36.8 Å². The van der Waals surface area contributed by atoms with Crippen LogP contribution in [0, 0.1) is 0 Å². The Bertz CT molecular complexity index is 835. The van der Waals surface area contributed by atoms with E-state index in [4.69, 9.17) is 9.47 Å². The average Bonchev–Trinajstić information content (AvgIpc) is 2.62. The lowest BCUT2D eigenvalue weighted by Crippen LogP contribution is -2.36. The van der Waals surface area contributed by atoms with Crippen molar-refractivity contribution < 1.29 is 14.3 Å². The molecular formula is C22H27NO4. The van der Waals surface area contributed by atoms with E-state index < -0.39 is 11.5 Å². The van der Waals surface area contributed by atoms with Crippen molar-refractivity contribution in [2.45, 2.75) is 58.0 Å². The number of benzene rings is 1. The van der Waals surface area contributed by atoms with Gasteiger partial charge in [0.15, 0.2) is 5.56 Å². The van der Waals surface area contributed by atoms with Gasteiger partial charge in [-0.25, -0.2) is 4.79 Å². The van der Waals surface area contributed by atoms with Crippen molar-refractivity contribution in [2.75, 3.05) is 6.61 Å². The normalized spacial score (nSPS) is 15.9. The van der Waals surface area contributed by atoms with Crippen LogP contribution in [0.4, 0.5) is 0 Å². The highest BCUT2D eigenvalue weighted by atomic mass is 16.5. The Morgan fingerprint density at radius 2 is 1.85 bits per heavy atom. The molecule has 1 aromatic carbocycles. The fourth-order valence-corrected chi connectivity index (χ4v) is 3.64. The van der Waals surface area contributed by atoms with Gasteiger partial charge in [0.25, 0.3) is 5.56 Å². The van der Waals surface area contributed by atoms with Gasteiger partial charge in [0.1, 0.15) is 11.4 Å². The number of carbonyl (C=O) groups excluding carboxylic acids is 1. The van der Waals surface area contributed by atoms with E-state index in [1.54, 1.807) is 13.0 Å². The van der Waals surface area contributed by atoms with Crippen molar-refractivity contribution in [2.24, 2.45) is 0 Å².